The highest BCUT2D eigenvalue weighted by Crippen LogP contribution is 2.29. The third-order valence-electron chi connectivity index (χ3n) is 6.86. The number of sulfonamides is 1. The first kappa shape index (κ1) is 29.5. The maximum atomic E-state index is 13.8. The average Bonchev–Trinajstić information content (AvgIpc) is 3.43. The van der Waals surface area contributed by atoms with Gasteiger partial charge in [0.2, 0.25) is 10.0 Å². The van der Waals surface area contributed by atoms with E-state index in [9.17, 15) is 18.3 Å². The van der Waals surface area contributed by atoms with Crippen LogP contribution < -0.4 is 4.74 Å². The predicted molar refractivity (Wildman–Crippen MR) is 151 cm³/mol. The molecule has 0 saturated heterocycles. The molecule has 0 fully saturated rings. The van der Waals surface area contributed by atoms with Crippen LogP contribution in [0.3, 0.4) is 0 Å². The van der Waals surface area contributed by atoms with Crippen molar-refractivity contribution in [1.82, 2.24) is 14.2 Å². The monoisotopic (exact) mass is 567 g/mol. The van der Waals surface area contributed by atoms with Gasteiger partial charge >= 0.3 is 6.09 Å². The number of nitrogens with zero attached hydrogens (tertiary/aromatic N) is 3. The van der Waals surface area contributed by atoms with Gasteiger partial charge in [-0.25, -0.2) is 13.2 Å². The Kier molecular flexibility index (Phi) is 9.78. The van der Waals surface area contributed by atoms with Crippen molar-refractivity contribution < 1.29 is 27.8 Å². The van der Waals surface area contributed by atoms with Gasteiger partial charge in [-0.15, -0.1) is 0 Å². The summed E-state index contributed by atoms with van der Waals surface area (Å²) < 4.78 is 40.0. The van der Waals surface area contributed by atoms with Crippen LogP contribution in [0.1, 0.15) is 30.5 Å². The highest BCUT2D eigenvalue weighted by atomic mass is 32.2. The molecule has 4 rings (SSSR count). The van der Waals surface area contributed by atoms with Crippen LogP contribution in [0.4, 0.5) is 4.79 Å². The van der Waals surface area contributed by atoms with E-state index in [1.165, 1.54) is 9.21 Å². The van der Waals surface area contributed by atoms with Crippen LogP contribution in [-0.4, -0.2) is 72.7 Å². The molecule has 1 amide bonds. The summed E-state index contributed by atoms with van der Waals surface area (Å²) in [7, 11) is -2.38. The zero-order valence-electron chi connectivity index (χ0n) is 23.1. The predicted octanol–water partition coefficient (Wildman–Crippen LogP) is 3.90. The fraction of sp³-hybridized carbons (Fsp3) is 0.400. The molecule has 2 aromatic carbocycles. The highest BCUT2D eigenvalue weighted by molar-refractivity contribution is 7.89. The van der Waals surface area contributed by atoms with Crippen molar-refractivity contribution >= 4 is 16.1 Å². The van der Waals surface area contributed by atoms with E-state index in [0.29, 0.717) is 25.2 Å². The van der Waals surface area contributed by atoms with E-state index in [0.717, 1.165) is 16.7 Å². The van der Waals surface area contributed by atoms with Crippen LogP contribution in [0.15, 0.2) is 78.0 Å². The molecular weight excluding hydrogens is 530 g/mol. The molecule has 3 aromatic rings. The lowest BCUT2D eigenvalue weighted by atomic mass is 10.00. The minimum absolute atomic E-state index is 0.00878. The molecule has 0 bridgehead atoms. The summed E-state index contributed by atoms with van der Waals surface area (Å²) in [4.78, 5) is 18.6. The minimum Gasteiger partial charge on any atom is -0.493 e. The van der Waals surface area contributed by atoms with Crippen LogP contribution >= 0.6 is 0 Å². The van der Waals surface area contributed by atoms with Crippen molar-refractivity contribution in [2.24, 2.45) is 5.92 Å². The molecule has 214 valence electrons. The fourth-order valence-electron chi connectivity index (χ4n) is 4.73. The Bertz CT molecular complexity index is 1370. The van der Waals surface area contributed by atoms with Gasteiger partial charge < -0.3 is 19.5 Å². The normalized spacial score (nSPS) is 14.4. The summed E-state index contributed by atoms with van der Waals surface area (Å²) in [5.74, 6) is 0.707. The molecule has 2 heterocycles. The van der Waals surface area contributed by atoms with Crippen molar-refractivity contribution in [3.05, 3.63) is 89.7 Å². The van der Waals surface area contributed by atoms with Gasteiger partial charge in [-0.3, -0.25) is 4.98 Å². The number of aliphatic hydroxyl groups excluding tert-OH is 1. The molecule has 0 spiro atoms. The van der Waals surface area contributed by atoms with Gasteiger partial charge in [-0.2, -0.15) is 4.31 Å². The standard InChI is InChI=1S/C30H37N3O6S/c1-22(2)19-33(40(36,37)26-11-12-29-25(17-26)13-15-38-29)20-28(34)27(16-23-8-5-4-6-9-23)32(3)30(35)39-21-24-10-7-14-31-18-24/h4-12,14,17-18,22,27-28,34H,13,15-16,19-21H2,1-3H3/t27-,28+/m0/s1. The molecule has 0 radical (unpaired) electrons. The molecule has 1 aliphatic rings. The Balaban J connectivity index is 1.56. The summed E-state index contributed by atoms with van der Waals surface area (Å²) in [6, 6.07) is 17.2. The maximum absolute atomic E-state index is 13.8. The minimum atomic E-state index is -3.94. The zero-order valence-corrected chi connectivity index (χ0v) is 24.0. The quantitative estimate of drug-likeness (QED) is 0.354. The van der Waals surface area contributed by atoms with Crippen molar-refractivity contribution in [3.63, 3.8) is 0 Å². The highest BCUT2D eigenvalue weighted by Gasteiger charge is 2.34. The Hall–Kier alpha value is -3.47. The number of aromatic nitrogens is 1. The van der Waals surface area contributed by atoms with Crippen LogP contribution in [0.5, 0.6) is 5.75 Å². The molecule has 0 unspecified atom stereocenters. The SMILES string of the molecule is CC(C)CN(C[C@@H](O)[C@H](Cc1ccccc1)N(C)C(=O)OCc1cccnc1)S(=O)(=O)c1ccc2c(c1)CCO2. The van der Waals surface area contributed by atoms with Gasteiger partial charge in [-0.05, 0) is 47.7 Å². The van der Waals surface area contributed by atoms with Crippen LogP contribution in [0, 0.1) is 5.92 Å². The second kappa shape index (κ2) is 13.3. The number of amides is 1. The first-order chi connectivity index (χ1) is 19.1. The lowest BCUT2D eigenvalue weighted by molar-refractivity contribution is 0.0332. The largest absolute Gasteiger partial charge is 0.493 e. The van der Waals surface area contributed by atoms with Gasteiger partial charge in [-0.1, -0.05) is 50.2 Å². The second-order valence-corrected chi connectivity index (χ2v) is 12.4. The molecule has 40 heavy (non-hydrogen) atoms. The lowest BCUT2D eigenvalue weighted by Crippen LogP contribution is -2.51. The number of hydrogen-bond acceptors (Lipinski definition) is 7. The van der Waals surface area contributed by atoms with E-state index >= 15 is 0 Å². The molecular formula is C30H37N3O6S. The smallest absolute Gasteiger partial charge is 0.410 e. The first-order valence-electron chi connectivity index (χ1n) is 13.4. The second-order valence-electron chi connectivity index (χ2n) is 10.4. The van der Waals surface area contributed by atoms with Crippen molar-refractivity contribution in [2.45, 2.75) is 50.3 Å². The average molecular weight is 568 g/mol. The van der Waals surface area contributed by atoms with Crippen molar-refractivity contribution in [3.8, 4) is 5.75 Å². The number of ether oxygens (including phenoxy) is 2. The van der Waals surface area contributed by atoms with Gasteiger partial charge in [0.25, 0.3) is 0 Å². The number of carbonyl (C=O) groups excluding carboxylic acids is 1. The Morgan fingerprint density at radius 3 is 2.52 bits per heavy atom. The van der Waals surface area contributed by atoms with E-state index in [4.69, 9.17) is 9.47 Å². The summed E-state index contributed by atoms with van der Waals surface area (Å²) in [6.07, 6.45) is 2.40. The van der Waals surface area contributed by atoms with E-state index < -0.39 is 28.3 Å². The molecule has 10 heteroatoms. The van der Waals surface area contributed by atoms with Gasteiger partial charge in [0.15, 0.2) is 0 Å². The van der Waals surface area contributed by atoms with E-state index in [-0.39, 0.29) is 30.5 Å². The molecule has 2 atom stereocenters. The number of likely N-dealkylation sites (N-methyl/N-ethyl adjacent to an activating group) is 1. The number of fused-ring (bicyclic) bond motifs is 1. The molecule has 9 nitrogen and oxygen atoms in total. The van der Waals surface area contributed by atoms with E-state index in [1.54, 1.807) is 49.8 Å². The lowest BCUT2D eigenvalue weighted by Gasteiger charge is -2.34. The number of pyridine rings is 1. The van der Waals surface area contributed by atoms with Crippen molar-refractivity contribution in [2.75, 3.05) is 26.7 Å². The Morgan fingerprint density at radius 2 is 1.82 bits per heavy atom. The summed E-state index contributed by atoms with van der Waals surface area (Å²) in [5, 5.41) is 11.5. The molecule has 1 aromatic heterocycles. The van der Waals surface area contributed by atoms with Crippen LogP contribution in [0.25, 0.3) is 0 Å². The number of aliphatic hydroxyl groups is 1. The molecule has 1 aliphatic heterocycles. The van der Waals surface area contributed by atoms with Crippen molar-refractivity contribution in [1.29, 1.82) is 0 Å². The van der Waals surface area contributed by atoms with E-state index in [1.807, 2.05) is 44.2 Å². The Labute approximate surface area is 236 Å². The zero-order chi connectivity index (χ0) is 28.7. The molecule has 0 saturated carbocycles. The van der Waals surface area contributed by atoms with Gasteiger partial charge in [0.1, 0.15) is 12.4 Å². The molecule has 0 aliphatic carbocycles. The first-order valence-corrected chi connectivity index (χ1v) is 14.9. The summed E-state index contributed by atoms with van der Waals surface area (Å²) in [5.41, 5.74) is 2.48. The van der Waals surface area contributed by atoms with Gasteiger partial charge in [0, 0.05) is 44.5 Å². The topological polar surface area (TPSA) is 109 Å². The molecule has 1 N–H and O–H groups in total. The van der Waals surface area contributed by atoms with Gasteiger partial charge in [0.05, 0.1) is 23.6 Å². The third kappa shape index (κ3) is 7.38. The van der Waals surface area contributed by atoms with Crippen LogP contribution in [-0.2, 0) is 34.2 Å². The number of benzene rings is 2. The number of hydrogen-bond donors (Lipinski definition) is 1. The fourth-order valence-corrected chi connectivity index (χ4v) is 6.41. The van der Waals surface area contributed by atoms with Crippen LogP contribution in [0.2, 0.25) is 0 Å². The maximum Gasteiger partial charge on any atom is 0.410 e. The summed E-state index contributed by atoms with van der Waals surface area (Å²) in [6.45, 7) is 4.42. The van der Waals surface area contributed by atoms with E-state index in [2.05, 4.69) is 4.98 Å². The summed E-state index contributed by atoms with van der Waals surface area (Å²) >= 11 is 0. The Morgan fingerprint density at radius 1 is 1.07 bits per heavy atom. The number of rotatable bonds is 12. The third-order valence-corrected chi connectivity index (χ3v) is 8.69. The number of carbonyl (C=O) groups is 1.